The maximum Gasteiger partial charge on any atom is 0.267 e. The Morgan fingerprint density at radius 1 is 0.688 bits per heavy atom. The van der Waals surface area contributed by atoms with Crippen molar-refractivity contribution in [2.75, 3.05) is 32.8 Å². The molecule has 2 aliphatic heterocycles. The average molecular weight is 428 g/mol. The highest BCUT2D eigenvalue weighted by Gasteiger charge is 2.33. The number of para-hydroxylation sites is 2. The quantitative estimate of drug-likeness (QED) is 0.641. The van der Waals surface area contributed by atoms with Crippen LogP contribution in [0.1, 0.15) is 10.4 Å². The van der Waals surface area contributed by atoms with Gasteiger partial charge in [0.2, 0.25) is 6.10 Å². The van der Waals surface area contributed by atoms with Crippen LogP contribution in [-0.4, -0.2) is 60.5 Å². The Balaban J connectivity index is 1.18. The van der Waals surface area contributed by atoms with Crippen LogP contribution in [-0.2, 0) is 4.79 Å². The Bertz CT molecular complexity index is 1110. The van der Waals surface area contributed by atoms with Gasteiger partial charge in [0.1, 0.15) is 6.61 Å². The fourth-order valence-electron chi connectivity index (χ4n) is 4.09. The smallest absolute Gasteiger partial charge is 0.267 e. The van der Waals surface area contributed by atoms with Crippen LogP contribution in [0.2, 0.25) is 0 Å². The Morgan fingerprint density at radius 3 is 2.00 bits per heavy atom. The van der Waals surface area contributed by atoms with E-state index in [1.54, 1.807) is 15.9 Å². The van der Waals surface area contributed by atoms with Gasteiger partial charge in [0.15, 0.2) is 11.5 Å². The summed E-state index contributed by atoms with van der Waals surface area (Å²) in [6.45, 7) is 2.15. The summed E-state index contributed by atoms with van der Waals surface area (Å²) in [6, 6.07) is 25.1. The molecule has 3 aromatic rings. The number of carbonyl (C=O) groups is 2. The summed E-state index contributed by atoms with van der Waals surface area (Å²) in [5, 5.41) is 0. The SMILES string of the molecule is O=C(c1ccc(-c2ccccc2)cc1)N1CCN(C(=O)[C@@H]2COc3ccccc3O2)CC1. The molecule has 3 aromatic carbocycles. The molecule has 0 bridgehead atoms. The summed E-state index contributed by atoms with van der Waals surface area (Å²) >= 11 is 0. The van der Waals surface area contributed by atoms with E-state index < -0.39 is 6.10 Å². The van der Waals surface area contributed by atoms with E-state index in [0.29, 0.717) is 43.2 Å². The molecule has 0 N–H and O–H groups in total. The molecule has 0 radical (unpaired) electrons. The maximum absolute atomic E-state index is 12.9. The molecule has 32 heavy (non-hydrogen) atoms. The van der Waals surface area contributed by atoms with Crippen LogP contribution in [0.5, 0.6) is 11.5 Å². The summed E-state index contributed by atoms with van der Waals surface area (Å²) in [4.78, 5) is 29.4. The van der Waals surface area contributed by atoms with Gasteiger partial charge in [0, 0.05) is 31.7 Å². The molecular formula is C26H24N2O4. The van der Waals surface area contributed by atoms with Gasteiger partial charge in [-0.15, -0.1) is 0 Å². The first kappa shape index (κ1) is 20.1. The zero-order valence-corrected chi connectivity index (χ0v) is 17.6. The van der Waals surface area contributed by atoms with E-state index in [1.807, 2.05) is 72.8 Å². The molecule has 5 rings (SSSR count). The van der Waals surface area contributed by atoms with Crippen LogP contribution in [0.15, 0.2) is 78.9 Å². The van der Waals surface area contributed by atoms with Gasteiger partial charge in [-0.3, -0.25) is 9.59 Å². The van der Waals surface area contributed by atoms with Crippen molar-refractivity contribution in [2.45, 2.75) is 6.10 Å². The lowest BCUT2D eigenvalue weighted by atomic mass is 10.0. The van der Waals surface area contributed by atoms with E-state index in [1.165, 1.54) is 0 Å². The number of fused-ring (bicyclic) bond motifs is 1. The number of amides is 2. The predicted molar refractivity (Wildman–Crippen MR) is 121 cm³/mol. The number of benzene rings is 3. The zero-order valence-electron chi connectivity index (χ0n) is 17.6. The van der Waals surface area contributed by atoms with E-state index >= 15 is 0 Å². The average Bonchev–Trinajstić information content (AvgIpc) is 2.88. The van der Waals surface area contributed by atoms with E-state index in [2.05, 4.69) is 0 Å². The molecule has 0 aliphatic carbocycles. The molecule has 6 nitrogen and oxygen atoms in total. The van der Waals surface area contributed by atoms with Crippen molar-refractivity contribution in [1.82, 2.24) is 9.80 Å². The first-order valence-corrected chi connectivity index (χ1v) is 10.8. The molecule has 0 saturated carbocycles. The third kappa shape index (κ3) is 4.04. The van der Waals surface area contributed by atoms with Gasteiger partial charge >= 0.3 is 0 Å². The Labute approximate surface area is 187 Å². The van der Waals surface area contributed by atoms with Crippen LogP contribution in [0, 0.1) is 0 Å². The van der Waals surface area contributed by atoms with Gasteiger partial charge < -0.3 is 19.3 Å². The van der Waals surface area contributed by atoms with E-state index in [-0.39, 0.29) is 18.4 Å². The van der Waals surface area contributed by atoms with Crippen molar-refractivity contribution in [3.05, 3.63) is 84.4 Å². The topological polar surface area (TPSA) is 59.1 Å². The van der Waals surface area contributed by atoms with Gasteiger partial charge in [-0.1, -0.05) is 54.6 Å². The van der Waals surface area contributed by atoms with Crippen molar-refractivity contribution in [3.8, 4) is 22.6 Å². The van der Waals surface area contributed by atoms with E-state index in [9.17, 15) is 9.59 Å². The number of hydrogen-bond donors (Lipinski definition) is 0. The third-order valence-electron chi connectivity index (χ3n) is 5.90. The summed E-state index contributed by atoms with van der Waals surface area (Å²) in [6.07, 6.45) is -0.655. The molecule has 2 heterocycles. The minimum Gasteiger partial charge on any atom is -0.485 e. The monoisotopic (exact) mass is 428 g/mol. The molecule has 0 aromatic heterocycles. The summed E-state index contributed by atoms with van der Waals surface area (Å²) in [5.41, 5.74) is 2.86. The van der Waals surface area contributed by atoms with Crippen molar-refractivity contribution in [3.63, 3.8) is 0 Å². The van der Waals surface area contributed by atoms with Gasteiger partial charge in [0.05, 0.1) is 0 Å². The minimum atomic E-state index is -0.655. The summed E-state index contributed by atoms with van der Waals surface area (Å²) in [7, 11) is 0. The van der Waals surface area contributed by atoms with Gasteiger partial charge in [0.25, 0.3) is 11.8 Å². The molecule has 162 valence electrons. The zero-order chi connectivity index (χ0) is 21.9. The second-order valence-corrected chi connectivity index (χ2v) is 7.93. The highest BCUT2D eigenvalue weighted by Crippen LogP contribution is 2.31. The molecule has 2 aliphatic rings. The molecule has 6 heteroatoms. The number of carbonyl (C=O) groups excluding carboxylic acids is 2. The lowest BCUT2D eigenvalue weighted by Gasteiger charge is -2.37. The third-order valence-corrected chi connectivity index (χ3v) is 5.90. The number of rotatable bonds is 3. The van der Waals surface area contributed by atoms with Gasteiger partial charge in [-0.2, -0.15) is 0 Å². The van der Waals surface area contributed by atoms with E-state index in [4.69, 9.17) is 9.47 Å². The predicted octanol–water partition coefficient (Wildman–Crippen LogP) is 3.48. The molecule has 0 unspecified atom stereocenters. The summed E-state index contributed by atoms with van der Waals surface area (Å²) in [5.74, 6) is 1.14. The largest absolute Gasteiger partial charge is 0.485 e. The second-order valence-electron chi connectivity index (χ2n) is 7.93. The molecule has 1 atom stereocenters. The van der Waals surface area contributed by atoms with Crippen LogP contribution >= 0.6 is 0 Å². The van der Waals surface area contributed by atoms with Crippen molar-refractivity contribution in [1.29, 1.82) is 0 Å². The number of piperazine rings is 1. The first-order chi connectivity index (χ1) is 15.7. The Kier molecular flexibility index (Phi) is 5.50. The molecular weight excluding hydrogens is 404 g/mol. The normalized spacial score (nSPS) is 17.7. The second kappa shape index (κ2) is 8.75. The lowest BCUT2D eigenvalue weighted by molar-refractivity contribution is -0.142. The first-order valence-electron chi connectivity index (χ1n) is 10.8. The van der Waals surface area contributed by atoms with Crippen molar-refractivity contribution < 1.29 is 19.1 Å². The molecule has 2 amide bonds. The van der Waals surface area contributed by atoms with Crippen molar-refractivity contribution in [2.24, 2.45) is 0 Å². The fraction of sp³-hybridized carbons (Fsp3) is 0.231. The molecule has 0 spiro atoms. The van der Waals surface area contributed by atoms with Crippen LogP contribution < -0.4 is 9.47 Å². The standard InChI is InChI=1S/C26H24N2O4/c29-25(21-12-10-20(11-13-21)19-6-2-1-3-7-19)27-14-16-28(17-15-27)26(30)24-18-31-22-8-4-5-9-23(22)32-24/h1-13,24H,14-18H2/t24-/m0/s1. The Hall–Kier alpha value is -3.80. The Morgan fingerprint density at radius 2 is 1.28 bits per heavy atom. The fourth-order valence-corrected chi connectivity index (χ4v) is 4.09. The molecule has 1 fully saturated rings. The molecule has 1 saturated heterocycles. The summed E-state index contributed by atoms with van der Waals surface area (Å²) < 4.78 is 11.5. The van der Waals surface area contributed by atoms with Gasteiger partial charge in [-0.25, -0.2) is 0 Å². The highest BCUT2D eigenvalue weighted by atomic mass is 16.6. The van der Waals surface area contributed by atoms with E-state index in [0.717, 1.165) is 11.1 Å². The van der Waals surface area contributed by atoms with Crippen LogP contribution in [0.25, 0.3) is 11.1 Å². The maximum atomic E-state index is 12.9. The number of ether oxygens (including phenoxy) is 2. The van der Waals surface area contributed by atoms with Crippen LogP contribution in [0.4, 0.5) is 0 Å². The minimum absolute atomic E-state index is 0.0112. The number of nitrogens with zero attached hydrogens (tertiary/aromatic N) is 2. The number of hydrogen-bond acceptors (Lipinski definition) is 4. The van der Waals surface area contributed by atoms with Gasteiger partial charge in [-0.05, 0) is 35.4 Å². The van der Waals surface area contributed by atoms with Crippen molar-refractivity contribution >= 4 is 11.8 Å². The highest BCUT2D eigenvalue weighted by molar-refractivity contribution is 5.95. The lowest BCUT2D eigenvalue weighted by Crippen LogP contribution is -2.55. The van der Waals surface area contributed by atoms with Crippen LogP contribution in [0.3, 0.4) is 0 Å².